The van der Waals surface area contributed by atoms with Crippen LogP contribution in [0.15, 0.2) is 53.4 Å². The van der Waals surface area contributed by atoms with Crippen molar-refractivity contribution in [2.24, 2.45) is 0 Å². The number of rotatable bonds is 5. The van der Waals surface area contributed by atoms with E-state index in [1.807, 2.05) is 12.1 Å². The van der Waals surface area contributed by atoms with E-state index in [1.165, 1.54) is 23.3 Å². The van der Waals surface area contributed by atoms with Crippen molar-refractivity contribution in [2.45, 2.75) is 24.4 Å². The Morgan fingerprint density at radius 2 is 1.60 bits per heavy atom. The second-order valence-corrected chi connectivity index (χ2v) is 6.30. The maximum absolute atomic E-state index is 12.8. The molecule has 0 fully saturated rings. The summed E-state index contributed by atoms with van der Waals surface area (Å²) in [7, 11) is 0. The number of hydrogen-bond donors (Lipinski definition) is 0. The first-order chi connectivity index (χ1) is 9.81. The molecule has 0 spiro atoms. The Balaban J connectivity index is 1.40. The van der Waals surface area contributed by atoms with Crippen LogP contribution in [-0.2, 0) is 13.1 Å². The van der Waals surface area contributed by atoms with Crippen molar-refractivity contribution >= 4 is 11.8 Å². The molecule has 104 valence electrons. The average Bonchev–Trinajstić information content (AvgIpc) is 2.88. The third kappa shape index (κ3) is 3.41. The topological polar surface area (TPSA) is 3.24 Å². The van der Waals surface area contributed by atoms with Crippen molar-refractivity contribution in [3.05, 3.63) is 65.5 Å². The fourth-order valence-corrected chi connectivity index (χ4v) is 3.41. The molecule has 0 N–H and O–H groups in total. The summed E-state index contributed by atoms with van der Waals surface area (Å²) in [6.45, 7) is 3.29. The predicted molar refractivity (Wildman–Crippen MR) is 82.3 cm³/mol. The van der Waals surface area contributed by atoms with Crippen LogP contribution in [0.1, 0.15) is 17.5 Å². The zero-order valence-corrected chi connectivity index (χ0v) is 12.2. The summed E-state index contributed by atoms with van der Waals surface area (Å²) in [5.41, 5.74) is 2.94. The van der Waals surface area contributed by atoms with Crippen LogP contribution in [-0.4, -0.2) is 17.2 Å². The minimum atomic E-state index is -0.163. The van der Waals surface area contributed by atoms with Crippen LogP contribution >= 0.6 is 11.8 Å². The second kappa shape index (κ2) is 6.42. The van der Waals surface area contributed by atoms with Gasteiger partial charge < -0.3 is 0 Å². The van der Waals surface area contributed by atoms with Gasteiger partial charge in [-0.3, -0.25) is 4.90 Å². The van der Waals surface area contributed by atoms with Crippen molar-refractivity contribution in [3.63, 3.8) is 0 Å². The molecule has 0 amide bonds. The summed E-state index contributed by atoms with van der Waals surface area (Å²) in [5, 5.41) is 0. The summed E-state index contributed by atoms with van der Waals surface area (Å²) in [4.78, 5) is 3.65. The number of hydrogen-bond acceptors (Lipinski definition) is 2. The number of benzene rings is 2. The lowest BCUT2D eigenvalue weighted by Gasteiger charge is -2.14. The van der Waals surface area contributed by atoms with E-state index in [0.29, 0.717) is 0 Å². The van der Waals surface area contributed by atoms with Crippen molar-refractivity contribution in [1.82, 2.24) is 4.90 Å². The molecule has 3 rings (SSSR count). The lowest BCUT2D eigenvalue weighted by molar-refractivity contribution is 0.286. The van der Waals surface area contributed by atoms with Gasteiger partial charge in [0.05, 0.1) is 0 Å². The van der Waals surface area contributed by atoms with Gasteiger partial charge in [0.15, 0.2) is 0 Å². The van der Waals surface area contributed by atoms with Gasteiger partial charge in [0.25, 0.3) is 0 Å². The molecule has 0 saturated carbocycles. The van der Waals surface area contributed by atoms with E-state index < -0.39 is 0 Å². The highest BCUT2D eigenvalue weighted by atomic mass is 32.2. The van der Waals surface area contributed by atoms with Crippen molar-refractivity contribution in [2.75, 3.05) is 12.3 Å². The number of nitrogens with zero attached hydrogens (tertiary/aromatic N) is 1. The molecule has 2 aromatic rings. The summed E-state index contributed by atoms with van der Waals surface area (Å²) in [6, 6.07) is 15.4. The van der Waals surface area contributed by atoms with Gasteiger partial charge in [-0.05, 0) is 54.1 Å². The van der Waals surface area contributed by atoms with E-state index >= 15 is 0 Å². The number of fused-ring (bicyclic) bond motifs is 1. The fourth-order valence-electron chi connectivity index (χ4n) is 2.57. The third-order valence-corrected chi connectivity index (χ3v) is 4.71. The van der Waals surface area contributed by atoms with E-state index in [4.69, 9.17) is 0 Å². The molecule has 0 aliphatic carbocycles. The summed E-state index contributed by atoms with van der Waals surface area (Å²) in [6.07, 6.45) is 1.16. The zero-order chi connectivity index (χ0) is 13.8. The first-order valence-corrected chi connectivity index (χ1v) is 7.97. The molecule has 0 bridgehead atoms. The summed E-state index contributed by atoms with van der Waals surface area (Å²) >= 11 is 1.80. The first-order valence-electron chi connectivity index (χ1n) is 6.99. The Hall–Kier alpha value is -1.32. The van der Waals surface area contributed by atoms with Crippen LogP contribution in [0, 0.1) is 5.82 Å². The lowest BCUT2D eigenvalue weighted by Crippen LogP contribution is -2.18. The molecule has 2 aromatic carbocycles. The Kier molecular flexibility index (Phi) is 4.38. The van der Waals surface area contributed by atoms with Crippen LogP contribution in [0.2, 0.25) is 0 Å². The van der Waals surface area contributed by atoms with Crippen molar-refractivity contribution in [1.29, 1.82) is 0 Å². The van der Waals surface area contributed by atoms with Gasteiger partial charge in [-0.1, -0.05) is 24.3 Å². The molecule has 0 radical (unpaired) electrons. The minimum absolute atomic E-state index is 0.163. The van der Waals surface area contributed by atoms with Gasteiger partial charge in [-0.2, -0.15) is 0 Å². The molecule has 0 aromatic heterocycles. The number of halogens is 1. The SMILES string of the molecule is Fc1ccc(SCCCN2Cc3ccccc3C2)cc1. The number of thioether (sulfide) groups is 1. The molecule has 0 unspecified atom stereocenters. The highest BCUT2D eigenvalue weighted by Gasteiger charge is 2.17. The summed E-state index contributed by atoms with van der Waals surface area (Å²) < 4.78 is 12.8. The average molecular weight is 287 g/mol. The zero-order valence-electron chi connectivity index (χ0n) is 11.4. The molecular weight excluding hydrogens is 269 g/mol. The standard InChI is InChI=1S/C17H18FNS/c18-16-6-8-17(9-7-16)20-11-3-10-19-12-14-4-1-2-5-15(14)13-19/h1-2,4-9H,3,10-13H2. The molecule has 20 heavy (non-hydrogen) atoms. The molecule has 1 aliphatic heterocycles. The molecule has 3 heteroatoms. The third-order valence-electron chi connectivity index (χ3n) is 3.61. The molecule has 0 atom stereocenters. The minimum Gasteiger partial charge on any atom is -0.295 e. The van der Waals surface area contributed by atoms with E-state index in [-0.39, 0.29) is 5.82 Å². The van der Waals surface area contributed by atoms with Gasteiger partial charge >= 0.3 is 0 Å². The van der Waals surface area contributed by atoms with Gasteiger partial charge in [0.2, 0.25) is 0 Å². The van der Waals surface area contributed by atoms with E-state index in [9.17, 15) is 4.39 Å². The highest BCUT2D eigenvalue weighted by Crippen LogP contribution is 2.23. The van der Waals surface area contributed by atoms with E-state index in [0.717, 1.165) is 36.7 Å². The van der Waals surface area contributed by atoms with Crippen LogP contribution in [0.5, 0.6) is 0 Å². The molecule has 1 nitrogen and oxygen atoms in total. The molecule has 1 aliphatic rings. The molecule has 1 heterocycles. The van der Waals surface area contributed by atoms with Gasteiger partial charge in [0, 0.05) is 18.0 Å². The Morgan fingerprint density at radius 3 is 2.25 bits per heavy atom. The second-order valence-electron chi connectivity index (χ2n) is 5.14. The van der Waals surface area contributed by atoms with Crippen LogP contribution in [0.4, 0.5) is 4.39 Å². The van der Waals surface area contributed by atoms with Gasteiger partial charge in [0.1, 0.15) is 5.82 Å². The van der Waals surface area contributed by atoms with Crippen molar-refractivity contribution in [3.8, 4) is 0 Å². The smallest absolute Gasteiger partial charge is 0.123 e. The van der Waals surface area contributed by atoms with Crippen LogP contribution in [0.25, 0.3) is 0 Å². The maximum atomic E-state index is 12.8. The normalized spacial score (nSPS) is 14.4. The van der Waals surface area contributed by atoms with Crippen molar-refractivity contribution < 1.29 is 4.39 Å². The Bertz CT molecular complexity index is 542. The van der Waals surface area contributed by atoms with E-state index in [2.05, 4.69) is 29.2 Å². The monoisotopic (exact) mass is 287 g/mol. The van der Waals surface area contributed by atoms with Gasteiger partial charge in [-0.15, -0.1) is 11.8 Å². The lowest BCUT2D eigenvalue weighted by atomic mass is 10.1. The Labute approximate surface area is 123 Å². The van der Waals surface area contributed by atoms with E-state index in [1.54, 1.807) is 11.8 Å². The predicted octanol–water partition coefficient (Wildman–Crippen LogP) is 4.32. The van der Waals surface area contributed by atoms with Gasteiger partial charge in [-0.25, -0.2) is 4.39 Å². The quantitative estimate of drug-likeness (QED) is 0.595. The molecular formula is C17H18FNS. The highest BCUT2D eigenvalue weighted by molar-refractivity contribution is 7.99. The molecule has 0 saturated heterocycles. The van der Waals surface area contributed by atoms with Crippen LogP contribution in [0.3, 0.4) is 0 Å². The first kappa shape index (κ1) is 13.7. The fraction of sp³-hybridized carbons (Fsp3) is 0.294. The largest absolute Gasteiger partial charge is 0.295 e. The maximum Gasteiger partial charge on any atom is 0.123 e. The Morgan fingerprint density at radius 1 is 0.950 bits per heavy atom. The van der Waals surface area contributed by atoms with Crippen LogP contribution < -0.4 is 0 Å². The summed E-state index contributed by atoms with van der Waals surface area (Å²) in [5.74, 6) is 0.919.